The molecule has 0 spiro atoms. The van der Waals surface area contributed by atoms with Gasteiger partial charge in [-0.15, -0.1) is 0 Å². The van der Waals surface area contributed by atoms with E-state index < -0.39 is 17.7 Å². The quantitative estimate of drug-likeness (QED) is 0.191. The number of halogens is 2. The number of para-hydroxylation sites is 1. The molecule has 0 unspecified atom stereocenters. The smallest absolute Gasteiger partial charge is 0.329 e. The van der Waals surface area contributed by atoms with E-state index in [0.717, 1.165) is 6.42 Å². The summed E-state index contributed by atoms with van der Waals surface area (Å²) in [4.78, 5) is 36.5. The summed E-state index contributed by atoms with van der Waals surface area (Å²) < 4.78 is 11.1. The molecule has 0 radical (unpaired) electrons. The third-order valence-electron chi connectivity index (χ3n) is 4.64. The molecule has 3 aromatic carbocycles. The Balaban J connectivity index is 1.50. The molecule has 192 valence electrons. The number of nitrogens with one attached hydrogen (secondary N) is 3. The fourth-order valence-electron chi connectivity index (χ4n) is 2.89. The largest absolute Gasteiger partial charge is 0.494 e. The maximum absolute atomic E-state index is 12.2. The molecule has 37 heavy (non-hydrogen) atoms. The van der Waals surface area contributed by atoms with Crippen LogP contribution >= 0.6 is 23.2 Å². The van der Waals surface area contributed by atoms with Crippen molar-refractivity contribution in [2.75, 3.05) is 23.8 Å². The van der Waals surface area contributed by atoms with Crippen molar-refractivity contribution in [3.63, 3.8) is 0 Å². The maximum atomic E-state index is 12.2. The second kappa shape index (κ2) is 13.9. The lowest BCUT2D eigenvalue weighted by Gasteiger charge is -2.10. The van der Waals surface area contributed by atoms with Crippen molar-refractivity contribution in [3.05, 3.63) is 82.3 Å². The zero-order valence-electron chi connectivity index (χ0n) is 19.8. The number of hydrogen-bond donors (Lipinski definition) is 3. The van der Waals surface area contributed by atoms with Gasteiger partial charge in [-0.05, 0) is 61.0 Å². The number of hydrazone groups is 1. The Morgan fingerprint density at radius 3 is 2.32 bits per heavy atom. The molecule has 0 aliphatic rings. The number of ether oxygens (including phenoxy) is 2. The van der Waals surface area contributed by atoms with E-state index in [4.69, 9.17) is 32.7 Å². The second-order valence-corrected chi connectivity index (χ2v) is 8.34. The van der Waals surface area contributed by atoms with E-state index in [9.17, 15) is 14.4 Å². The Labute approximate surface area is 223 Å². The molecule has 3 aromatic rings. The van der Waals surface area contributed by atoms with Crippen LogP contribution < -0.4 is 25.5 Å². The maximum Gasteiger partial charge on any atom is 0.329 e. The molecule has 0 heterocycles. The van der Waals surface area contributed by atoms with Crippen LogP contribution in [-0.4, -0.2) is 37.1 Å². The van der Waals surface area contributed by atoms with Gasteiger partial charge in [-0.2, -0.15) is 5.10 Å². The highest BCUT2D eigenvalue weighted by Crippen LogP contribution is 2.25. The molecule has 0 aromatic heterocycles. The van der Waals surface area contributed by atoms with Gasteiger partial charge in [0, 0.05) is 16.9 Å². The van der Waals surface area contributed by atoms with Crippen LogP contribution in [0.25, 0.3) is 0 Å². The Morgan fingerprint density at radius 2 is 1.59 bits per heavy atom. The predicted molar refractivity (Wildman–Crippen MR) is 144 cm³/mol. The topological polar surface area (TPSA) is 118 Å². The Bertz CT molecular complexity index is 1280. The van der Waals surface area contributed by atoms with Gasteiger partial charge in [0.2, 0.25) is 0 Å². The summed E-state index contributed by atoms with van der Waals surface area (Å²) >= 11 is 11.8. The summed E-state index contributed by atoms with van der Waals surface area (Å²) in [6, 6.07) is 18.1. The molecule has 0 atom stereocenters. The molecule has 3 amide bonds. The standard InChI is InChI=1S/C26H24Cl2N4O5/c1-2-13-36-20-10-7-18(8-11-20)31-25(34)26(35)32-29-15-17-5-3-4-6-23(17)37-16-24(33)30-19-9-12-21(27)22(28)14-19/h3-12,14-15H,2,13,16H2,1H3,(H,30,33)(H,31,34)(H,32,35)/b29-15-. The minimum Gasteiger partial charge on any atom is -0.494 e. The molecule has 0 saturated heterocycles. The van der Waals surface area contributed by atoms with E-state index in [2.05, 4.69) is 21.2 Å². The molecular weight excluding hydrogens is 519 g/mol. The molecule has 0 fully saturated rings. The van der Waals surface area contributed by atoms with Crippen LogP contribution in [0.4, 0.5) is 11.4 Å². The van der Waals surface area contributed by atoms with Gasteiger partial charge in [-0.1, -0.05) is 42.3 Å². The Kier molecular flexibility index (Phi) is 10.3. The summed E-state index contributed by atoms with van der Waals surface area (Å²) in [5, 5.41) is 9.63. The van der Waals surface area contributed by atoms with Crippen LogP contribution in [0.5, 0.6) is 11.5 Å². The van der Waals surface area contributed by atoms with Crippen LogP contribution in [0.15, 0.2) is 71.8 Å². The van der Waals surface area contributed by atoms with Crippen molar-refractivity contribution in [3.8, 4) is 11.5 Å². The first kappa shape index (κ1) is 27.5. The van der Waals surface area contributed by atoms with Crippen molar-refractivity contribution >= 4 is 58.5 Å². The Hall–Kier alpha value is -4.08. The minimum absolute atomic E-state index is 0.290. The fraction of sp³-hybridized carbons (Fsp3) is 0.154. The van der Waals surface area contributed by atoms with Gasteiger partial charge in [0.05, 0.1) is 22.9 Å². The van der Waals surface area contributed by atoms with Gasteiger partial charge >= 0.3 is 11.8 Å². The molecular formula is C26H24Cl2N4O5. The highest BCUT2D eigenvalue weighted by molar-refractivity contribution is 6.42. The number of anilines is 2. The van der Waals surface area contributed by atoms with E-state index in [-0.39, 0.29) is 6.61 Å². The number of carbonyl (C=O) groups excluding carboxylic acids is 3. The van der Waals surface area contributed by atoms with Crippen LogP contribution in [-0.2, 0) is 14.4 Å². The van der Waals surface area contributed by atoms with E-state index in [1.807, 2.05) is 6.92 Å². The third-order valence-corrected chi connectivity index (χ3v) is 5.38. The summed E-state index contributed by atoms with van der Waals surface area (Å²) in [6.07, 6.45) is 2.18. The van der Waals surface area contributed by atoms with E-state index in [0.29, 0.717) is 45.1 Å². The van der Waals surface area contributed by atoms with Crippen LogP contribution in [0.1, 0.15) is 18.9 Å². The summed E-state index contributed by atoms with van der Waals surface area (Å²) in [7, 11) is 0. The van der Waals surface area contributed by atoms with Crippen LogP contribution in [0.3, 0.4) is 0 Å². The third kappa shape index (κ3) is 8.82. The number of benzene rings is 3. The van der Waals surface area contributed by atoms with E-state index in [1.54, 1.807) is 60.7 Å². The summed E-state index contributed by atoms with van der Waals surface area (Å²) in [5.74, 6) is -1.24. The van der Waals surface area contributed by atoms with Crippen molar-refractivity contribution in [1.82, 2.24) is 5.43 Å². The predicted octanol–water partition coefficient (Wildman–Crippen LogP) is 4.89. The van der Waals surface area contributed by atoms with E-state index >= 15 is 0 Å². The molecule has 3 rings (SSSR count). The van der Waals surface area contributed by atoms with Crippen molar-refractivity contribution in [1.29, 1.82) is 0 Å². The lowest BCUT2D eigenvalue weighted by molar-refractivity contribution is -0.136. The minimum atomic E-state index is -0.957. The van der Waals surface area contributed by atoms with Gasteiger partial charge in [-0.25, -0.2) is 5.43 Å². The monoisotopic (exact) mass is 542 g/mol. The number of rotatable bonds is 10. The molecule has 0 aliphatic carbocycles. The first-order valence-corrected chi connectivity index (χ1v) is 11.9. The number of amides is 3. The van der Waals surface area contributed by atoms with Gasteiger partial charge < -0.3 is 20.1 Å². The van der Waals surface area contributed by atoms with E-state index in [1.165, 1.54) is 12.3 Å². The first-order chi connectivity index (χ1) is 17.9. The number of carbonyl (C=O) groups is 3. The average Bonchev–Trinajstić information content (AvgIpc) is 2.89. The summed E-state index contributed by atoms with van der Waals surface area (Å²) in [5.41, 5.74) is 3.55. The number of hydrogen-bond acceptors (Lipinski definition) is 6. The SMILES string of the molecule is CCCOc1ccc(NC(=O)C(=O)N/N=C\c2ccccc2OCC(=O)Nc2ccc(Cl)c(Cl)c2)cc1. The molecule has 11 heteroatoms. The number of nitrogens with zero attached hydrogens (tertiary/aromatic N) is 1. The first-order valence-electron chi connectivity index (χ1n) is 11.2. The Morgan fingerprint density at radius 1 is 0.865 bits per heavy atom. The van der Waals surface area contributed by atoms with Crippen molar-refractivity contribution < 1.29 is 23.9 Å². The van der Waals surface area contributed by atoms with Crippen LogP contribution in [0, 0.1) is 0 Å². The lowest BCUT2D eigenvalue weighted by Crippen LogP contribution is -2.32. The summed E-state index contributed by atoms with van der Waals surface area (Å²) in [6.45, 7) is 2.30. The highest BCUT2D eigenvalue weighted by Gasteiger charge is 2.13. The second-order valence-electron chi connectivity index (χ2n) is 7.53. The average molecular weight is 543 g/mol. The molecule has 9 nitrogen and oxygen atoms in total. The van der Waals surface area contributed by atoms with Gasteiger partial charge in [-0.3, -0.25) is 14.4 Å². The molecule has 0 saturated carbocycles. The molecule has 0 bridgehead atoms. The fourth-order valence-corrected chi connectivity index (χ4v) is 3.18. The molecule has 3 N–H and O–H groups in total. The normalized spacial score (nSPS) is 10.6. The lowest BCUT2D eigenvalue weighted by atomic mass is 10.2. The zero-order chi connectivity index (χ0) is 26.6. The van der Waals surface area contributed by atoms with Crippen molar-refractivity contribution in [2.24, 2.45) is 5.10 Å². The highest BCUT2D eigenvalue weighted by atomic mass is 35.5. The van der Waals surface area contributed by atoms with Gasteiger partial charge in [0.1, 0.15) is 11.5 Å². The van der Waals surface area contributed by atoms with Gasteiger partial charge in [0.15, 0.2) is 6.61 Å². The van der Waals surface area contributed by atoms with Crippen molar-refractivity contribution in [2.45, 2.75) is 13.3 Å². The zero-order valence-corrected chi connectivity index (χ0v) is 21.3. The van der Waals surface area contributed by atoms with Gasteiger partial charge in [0.25, 0.3) is 5.91 Å². The van der Waals surface area contributed by atoms with Crippen LogP contribution in [0.2, 0.25) is 10.0 Å². The molecule has 0 aliphatic heterocycles.